The Balaban J connectivity index is 1.76. The molecule has 8 nitrogen and oxygen atoms in total. The van der Waals surface area contributed by atoms with Gasteiger partial charge in [0.1, 0.15) is 5.69 Å². The Morgan fingerprint density at radius 2 is 1.47 bits per heavy atom. The molecule has 0 atom stereocenters. The molecule has 0 spiro atoms. The number of aryl methyl sites for hydroxylation is 1. The van der Waals surface area contributed by atoms with E-state index in [9.17, 15) is 32.1 Å². The van der Waals surface area contributed by atoms with Crippen molar-refractivity contribution in [1.82, 2.24) is 24.7 Å². The zero-order valence-corrected chi connectivity index (χ0v) is 19.0. The van der Waals surface area contributed by atoms with E-state index in [4.69, 9.17) is 0 Å². The standard InChI is InChI=1S/C23H17F5N6O2/c1-22(2,17-9-5-7-15(30-17)20-31-21(23(26,27)28)32-33(20)3)16-8-4-6-14(29-16)12-10-11-13(24)19(18(12)25)34(35)36/h4-11H,1-3H3. The van der Waals surface area contributed by atoms with Crippen LogP contribution in [-0.2, 0) is 18.6 Å². The predicted octanol–water partition coefficient (Wildman–Crippen LogP) is 5.47. The van der Waals surface area contributed by atoms with Crippen LogP contribution in [0.1, 0.15) is 31.1 Å². The van der Waals surface area contributed by atoms with Crippen LogP contribution in [0.3, 0.4) is 0 Å². The number of nitrogens with zero attached hydrogens (tertiary/aromatic N) is 6. The van der Waals surface area contributed by atoms with E-state index in [2.05, 4.69) is 20.1 Å². The molecule has 0 amide bonds. The second-order valence-electron chi connectivity index (χ2n) is 8.34. The minimum atomic E-state index is -4.72. The predicted molar refractivity (Wildman–Crippen MR) is 118 cm³/mol. The minimum Gasteiger partial charge on any atom is -0.258 e. The SMILES string of the molecule is Cn1nc(C(F)(F)F)nc1-c1cccc(C(C)(C)c2cccc(-c3ccc(F)c([N+](=O)[O-])c3F)n2)n1. The van der Waals surface area contributed by atoms with Gasteiger partial charge in [0.05, 0.1) is 22.0 Å². The maximum absolute atomic E-state index is 14.8. The highest BCUT2D eigenvalue weighted by Gasteiger charge is 2.37. The number of benzene rings is 1. The first-order valence-electron chi connectivity index (χ1n) is 10.4. The molecule has 36 heavy (non-hydrogen) atoms. The summed E-state index contributed by atoms with van der Waals surface area (Å²) in [6, 6.07) is 11.2. The highest BCUT2D eigenvalue weighted by atomic mass is 19.4. The van der Waals surface area contributed by atoms with Gasteiger partial charge in [0.15, 0.2) is 5.82 Å². The lowest BCUT2D eigenvalue weighted by molar-refractivity contribution is -0.390. The summed E-state index contributed by atoms with van der Waals surface area (Å²) >= 11 is 0. The number of nitro groups is 1. The molecule has 0 N–H and O–H groups in total. The summed E-state index contributed by atoms with van der Waals surface area (Å²) in [5.41, 5.74) is -1.53. The summed E-state index contributed by atoms with van der Waals surface area (Å²) in [5.74, 6) is -4.06. The van der Waals surface area contributed by atoms with Gasteiger partial charge in [-0.2, -0.15) is 22.0 Å². The fraction of sp³-hybridized carbons (Fsp3) is 0.217. The van der Waals surface area contributed by atoms with E-state index >= 15 is 0 Å². The zero-order chi connectivity index (χ0) is 26.4. The Kier molecular flexibility index (Phi) is 6.02. The van der Waals surface area contributed by atoms with E-state index < -0.39 is 39.7 Å². The van der Waals surface area contributed by atoms with Gasteiger partial charge in [-0.3, -0.25) is 15.1 Å². The van der Waals surface area contributed by atoms with Crippen LogP contribution in [0.15, 0.2) is 48.5 Å². The van der Waals surface area contributed by atoms with Crippen LogP contribution in [0.2, 0.25) is 0 Å². The summed E-state index contributed by atoms with van der Waals surface area (Å²) in [5, 5.41) is 14.5. The number of pyridine rings is 2. The Bertz CT molecular complexity index is 1480. The lowest BCUT2D eigenvalue weighted by Gasteiger charge is -2.24. The van der Waals surface area contributed by atoms with Gasteiger partial charge in [-0.25, -0.2) is 14.6 Å². The van der Waals surface area contributed by atoms with Crippen molar-refractivity contribution < 1.29 is 26.9 Å². The molecule has 0 fully saturated rings. The second-order valence-corrected chi connectivity index (χ2v) is 8.34. The van der Waals surface area contributed by atoms with Crippen LogP contribution in [0.25, 0.3) is 22.8 Å². The Labute approximate surface area is 200 Å². The summed E-state index contributed by atoms with van der Waals surface area (Å²) in [4.78, 5) is 22.4. The molecule has 0 aliphatic rings. The van der Waals surface area contributed by atoms with E-state index in [0.29, 0.717) is 11.4 Å². The molecule has 0 saturated carbocycles. The number of nitro benzene ring substituents is 1. The third-order valence-electron chi connectivity index (χ3n) is 5.55. The van der Waals surface area contributed by atoms with Gasteiger partial charge in [0.25, 0.3) is 5.82 Å². The lowest BCUT2D eigenvalue weighted by Crippen LogP contribution is -2.22. The molecule has 3 aromatic heterocycles. The quantitative estimate of drug-likeness (QED) is 0.203. The van der Waals surface area contributed by atoms with Crippen molar-refractivity contribution in [2.45, 2.75) is 25.4 Å². The van der Waals surface area contributed by atoms with Gasteiger partial charge in [-0.1, -0.05) is 12.1 Å². The third kappa shape index (κ3) is 4.39. The molecule has 0 saturated heterocycles. The highest BCUT2D eigenvalue weighted by Crippen LogP contribution is 2.35. The zero-order valence-electron chi connectivity index (χ0n) is 19.0. The Hall–Kier alpha value is -4.29. The molecule has 0 unspecified atom stereocenters. The van der Waals surface area contributed by atoms with E-state index in [1.54, 1.807) is 38.1 Å². The van der Waals surface area contributed by atoms with Crippen molar-refractivity contribution in [2.24, 2.45) is 7.05 Å². The maximum Gasteiger partial charge on any atom is 0.453 e. The van der Waals surface area contributed by atoms with Crippen molar-refractivity contribution >= 4 is 5.69 Å². The second kappa shape index (κ2) is 8.73. The average Bonchev–Trinajstić information content (AvgIpc) is 3.21. The summed E-state index contributed by atoms with van der Waals surface area (Å²) in [6.45, 7) is 3.49. The first-order valence-corrected chi connectivity index (χ1v) is 10.4. The molecule has 0 radical (unpaired) electrons. The van der Waals surface area contributed by atoms with E-state index in [1.165, 1.54) is 19.2 Å². The van der Waals surface area contributed by atoms with Crippen LogP contribution >= 0.6 is 0 Å². The molecule has 1 aromatic carbocycles. The normalized spacial score (nSPS) is 12.1. The molecule has 0 aliphatic carbocycles. The van der Waals surface area contributed by atoms with Crippen molar-refractivity contribution in [3.63, 3.8) is 0 Å². The largest absolute Gasteiger partial charge is 0.453 e. The van der Waals surface area contributed by atoms with Crippen LogP contribution in [0, 0.1) is 21.7 Å². The van der Waals surface area contributed by atoms with Crippen molar-refractivity contribution in [3.05, 3.63) is 87.5 Å². The molecular formula is C23H17F5N6O2. The topological polar surface area (TPSA) is 99.6 Å². The Morgan fingerprint density at radius 1 is 0.889 bits per heavy atom. The third-order valence-corrected chi connectivity index (χ3v) is 5.55. The smallest absolute Gasteiger partial charge is 0.258 e. The highest BCUT2D eigenvalue weighted by molar-refractivity contribution is 5.64. The van der Waals surface area contributed by atoms with Crippen molar-refractivity contribution in [3.8, 4) is 22.8 Å². The number of hydrogen-bond acceptors (Lipinski definition) is 6. The van der Waals surface area contributed by atoms with Gasteiger partial charge < -0.3 is 0 Å². The number of halogens is 5. The average molecular weight is 504 g/mol. The monoisotopic (exact) mass is 504 g/mol. The number of hydrogen-bond donors (Lipinski definition) is 0. The van der Waals surface area contributed by atoms with Gasteiger partial charge in [0.2, 0.25) is 11.6 Å². The fourth-order valence-corrected chi connectivity index (χ4v) is 3.61. The summed E-state index contributed by atoms with van der Waals surface area (Å²) in [6.07, 6.45) is -4.72. The minimum absolute atomic E-state index is 0.0282. The van der Waals surface area contributed by atoms with Gasteiger partial charge >= 0.3 is 11.9 Å². The van der Waals surface area contributed by atoms with Crippen LogP contribution in [0.4, 0.5) is 27.6 Å². The van der Waals surface area contributed by atoms with Crippen molar-refractivity contribution in [2.75, 3.05) is 0 Å². The molecule has 0 aliphatic heterocycles. The number of aromatic nitrogens is 5. The molecular weight excluding hydrogens is 487 g/mol. The number of rotatable bonds is 5. The number of alkyl halides is 3. The van der Waals surface area contributed by atoms with Gasteiger partial charge in [-0.15, -0.1) is 5.10 Å². The fourth-order valence-electron chi connectivity index (χ4n) is 3.61. The van der Waals surface area contributed by atoms with E-state index in [0.717, 1.165) is 16.8 Å². The molecule has 4 rings (SSSR count). The molecule has 186 valence electrons. The van der Waals surface area contributed by atoms with E-state index in [-0.39, 0.29) is 22.8 Å². The van der Waals surface area contributed by atoms with Gasteiger partial charge in [-0.05, 0) is 50.2 Å². The van der Waals surface area contributed by atoms with Gasteiger partial charge in [0, 0.05) is 18.0 Å². The van der Waals surface area contributed by atoms with E-state index in [1.807, 2.05) is 0 Å². The first-order chi connectivity index (χ1) is 16.8. The molecule has 0 bridgehead atoms. The maximum atomic E-state index is 14.8. The molecule has 3 heterocycles. The first kappa shape index (κ1) is 24.8. The summed E-state index contributed by atoms with van der Waals surface area (Å²) < 4.78 is 68.6. The van der Waals surface area contributed by atoms with Crippen LogP contribution < -0.4 is 0 Å². The van der Waals surface area contributed by atoms with Crippen LogP contribution in [0.5, 0.6) is 0 Å². The molecule has 4 aromatic rings. The Morgan fingerprint density at radius 3 is 2.03 bits per heavy atom. The lowest BCUT2D eigenvalue weighted by atomic mass is 9.84. The molecule has 13 heteroatoms. The van der Waals surface area contributed by atoms with Crippen molar-refractivity contribution in [1.29, 1.82) is 0 Å². The summed E-state index contributed by atoms with van der Waals surface area (Å²) in [7, 11) is 1.32. The van der Waals surface area contributed by atoms with Crippen LogP contribution in [-0.4, -0.2) is 29.7 Å².